The molecule has 3 nitrogen and oxygen atoms in total. The summed E-state index contributed by atoms with van der Waals surface area (Å²) in [6, 6.07) is 16.7. The topological polar surface area (TPSA) is 39.2 Å². The van der Waals surface area contributed by atoms with E-state index >= 15 is 0 Å². The van der Waals surface area contributed by atoms with Crippen molar-refractivity contribution in [1.29, 1.82) is 0 Å². The molecule has 0 saturated carbocycles. The second kappa shape index (κ2) is 8.11. The highest BCUT2D eigenvalue weighted by atomic mass is 35.5. The molecular weight excluding hydrogens is 377 g/mol. The van der Waals surface area contributed by atoms with Crippen molar-refractivity contribution in [2.45, 2.75) is 27.2 Å². The number of ether oxygens (including phenoxy) is 1. The monoisotopic (exact) mass is 397 g/mol. The van der Waals surface area contributed by atoms with Crippen molar-refractivity contribution in [3.63, 3.8) is 0 Å². The molecule has 3 aromatic rings. The number of carbonyl (C=O) groups excluding carboxylic acids is 1. The number of Topliss-reactive ketones (excluding diaryl/α,β-unsaturated/α-hetero) is 1. The third-order valence-corrected chi connectivity index (χ3v) is 4.44. The first-order valence-electron chi connectivity index (χ1n) is 8.94. The Bertz CT molecular complexity index is 977. The van der Waals surface area contributed by atoms with Crippen LogP contribution in [0.15, 0.2) is 60.7 Å². The second-order valence-corrected chi connectivity index (χ2v) is 8.03. The minimum atomic E-state index is -0.427. The Hall–Kier alpha value is -2.72. The lowest BCUT2D eigenvalue weighted by molar-refractivity contribution is -0.125. The molecule has 5 heteroatoms. The minimum absolute atomic E-state index is 0.108. The quantitative estimate of drug-likeness (QED) is 0.493. The fraction of sp³-hybridized carbons (Fsp3) is 0.217. The van der Waals surface area contributed by atoms with Crippen LogP contribution < -0.4 is 4.74 Å². The van der Waals surface area contributed by atoms with Gasteiger partial charge in [0.1, 0.15) is 23.1 Å². The van der Waals surface area contributed by atoms with Crippen LogP contribution in [0.3, 0.4) is 0 Å². The van der Waals surface area contributed by atoms with Crippen LogP contribution in [-0.2, 0) is 11.2 Å². The van der Waals surface area contributed by atoms with Crippen molar-refractivity contribution in [2.24, 2.45) is 5.41 Å². The number of hydrogen-bond donors (Lipinski definition) is 0. The lowest BCUT2D eigenvalue weighted by Gasteiger charge is -2.16. The van der Waals surface area contributed by atoms with E-state index in [1.54, 1.807) is 36.4 Å². The van der Waals surface area contributed by atoms with Crippen LogP contribution in [0.1, 0.15) is 26.5 Å². The summed E-state index contributed by atoms with van der Waals surface area (Å²) in [6.07, 6.45) is 0.239. The first-order valence-corrected chi connectivity index (χ1v) is 9.32. The van der Waals surface area contributed by atoms with Crippen molar-refractivity contribution in [1.82, 2.24) is 4.98 Å². The Morgan fingerprint density at radius 1 is 1.00 bits per heavy atom. The third-order valence-electron chi connectivity index (χ3n) is 4.22. The number of aromatic nitrogens is 1. The van der Waals surface area contributed by atoms with Crippen LogP contribution in [0.2, 0.25) is 5.02 Å². The maximum absolute atomic E-state index is 13.0. The summed E-state index contributed by atoms with van der Waals surface area (Å²) < 4.78 is 18.7. The highest BCUT2D eigenvalue weighted by Gasteiger charge is 2.22. The zero-order valence-corrected chi connectivity index (χ0v) is 16.8. The molecular formula is C23H21ClFNO2. The number of nitrogens with zero attached hydrogens (tertiary/aromatic N) is 1. The van der Waals surface area contributed by atoms with Gasteiger partial charge in [-0.1, -0.05) is 32.4 Å². The van der Waals surface area contributed by atoms with E-state index in [0.29, 0.717) is 27.9 Å². The molecule has 28 heavy (non-hydrogen) atoms. The predicted octanol–water partition coefficient (Wildman–Crippen LogP) is 6.49. The molecule has 0 radical (unpaired) electrons. The molecule has 144 valence electrons. The molecule has 0 unspecified atom stereocenters. The standard InChI is InChI=1S/C23H21ClFNO2/c1-23(2,3)22(27)14-18-12-16(24)13-21(26-18)15-4-8-19(9-5-15)28-20-10-6-17(25)7-11-20/h4-13H,14H2,1-3H3. The molecule has 1 aromatic heterocycles. The van der Waals surface area contributed by atoms with E-state index in [4.69, 9.17) is 16.3 Å². The first kappa shape index (κ1) is 20.0. The molecule has 0 amide bonds. The zero-order chi connectivity index (χ0) is 20.3. The van der Waals surface area contributed by atoms with Gasteiger partial charge >= 0.3 is 0 Å². The molecule has 0 N–H and O–H groups in total. The number of carbonyl (C=O) groups is 1. The Labute approximate surface area is 169 Å². The Kier molecular flexibility index (Phi) is 5.80. The van der Waals surface area contributed by atoms with Gasteiger partial charge in [-0.2, -0.15) is 0 Å². The molecule has 0 aliphatic heterocycles. The van der Waals surface area contributed by atoms with Gasteiger partial charge in [-0.05, 0) is 60.7 Å². The van der Waals surface area contributed by atoms with E-state index in [9.17, 15) is 9.18 Å². The number of benzene rings is 2. The molecule has 0 bridgehead atoms. The number of rotatable bonds is 5. The van der Waals surface area contributed by atoms with E-state index in [-0.39, 0.29) is 18.0 Å². The minimum Gasteiger partial charge on any atom is -0.457 e. The van der Waals surface area contributed by atoms with Gasteiger partial charge in [-0.25, -0.2) is 4.39 Å². The molecule has 0 aliphatic carbocycles. The van der Waals surface area contributed by atoms with Crippen LogP contribution >= 0.6 is 11.6 Å². The van der Waals surface area contributed by atoms with Crippen LogP contribution in [-0.4, -0.2) is 10.8 Å². The molecule has 0 aliphatic rings. The van der Waals surface area contributed by atoms with Crippen molar-refractivity contribution >= 4 is 17.4 Å². The summed E-state index contributed by atoms with van der Waals surface area (Å²) >= 11 is 6.24. The van der Waals surface area contributed by atoms with Gasteiger partial charge in [0, 0.05) is 28.1 Å². The molecule has 0 atom stereocenters. The second-order valence-electron chi connectivity index (χ2n) is 7.59. The number of hydrogen-bond acceptors (Lipinski definition) is 3. The predicted molar refractivity (Wildman–Crippen MR) is 109 cm³/mol. The number of ketones is 1. The largest absolute Gasteiger partial charge is 0.457 e. The summed E-state index contributed by atoms with van der Waals surface area (Å²) in [5, 5.41) is 0.536. The molecule has 1 heterocycles. The van der Waals surface area contributed by atoms with Gasteiger partial charge in [0.15, 0.2) is 0 Å². The van der Waals surface area contributed by atoms with E-state index < -0.39 is 5.41 Å². The number of halogens is 2. The maximum Gasteiger partial charge on any atom is 0.144 e. The Balaban J connectivity index is 1.79. The fourth-order valence-electron chi connectivity index (χ4n) is 2.55. The summed E-state index contributed by atoms with van der Waals surface area (Å²) in [4.78, 5) is 16.9. The summed E-state index contributed by atoms with van der Waals surface area (Å²) in [5.41, 5.74) is 1.77. The Morgan fingerprint density at radius 3 is 2.14 bits per heavy atom. The highest BCUT2D eigenvalue weighted by molar-refractivity contribution is 6.30. The average molecular weight is 398 g/mol. The van der Waals surface area contributed by atoms with Crippen LogP contribution in [0, 0.1) is 11.2 Å². The molecule has 0 saturated heterocycles. The van der Waals surface area contributed by atoms with Gasteiger partial charge < -0.3 is 4.74 Å². The van der Waals surface area contributed by atoms with Crippen molar-refractivity contribution < 1.29 is 13.9 Å². The zero-order valence-electron chi connectivity index (χ0n) is 16.0. The normalized spacial score (nSPS) is 11.3. The van der Waals surface area contributed by atoms with Gasteiger partial charge in [0.25, 0.3) is 0 Å². The van der Waals surface area contributed by atoms with E-state index in [1.807, 2.05) is 32.9 Å². The van der Waals surface area contributed by atoms with Crippen LogP contribution in [0.25, 0.3) is 11.3 Å². The highest BCUT2D eigenvalue weighted by Crippen LogP contribution is 2.27. The number of pyridine rings is 1. The summed E-state index contributed by atoms with van der Waals surface area (Å²) in [6.45, 7) is 5.67. The fourth-order valence-corrected chi connectivity index (χ4v) is 2.78. The molecule has 0 fully saturated rings. The average Bonchev–Trinajstić information content (AvgIpc) is 2.63. The van der Waals surface area contributed by atoms with Crippen molar-refractivity contribution in [3.8, 4) is 22.8 Å². The van der Waals surface area contributed by atoms with E-state index in [1.165, 1.54) is 12.1 Å². The first-order chi connectivity index (χ1) is 13.2. The molecule has 0 spiro atoms. The van der Waals surface area contributed by atoms with Crippen LogP contribution in [0.5, 0.6) is 11.5 Å². The maximum atomic E-state index is 13.0. The van der Waals surface area contributed by atoms with Gasteiger partial charge in [0.2, 0.25) is 0 Å². The summed E-state index contributed by atoms with van der Waals surface area (Å²) in [7, 11) is 0. The lowest BCUT2D eigenvalue weighted by Crippen LogP contribution is -2.22. The van der Waals surface area contributed by atoms with E-state index in [2.05, 4.69) is 4.98 Å². The molecule has 3 rings (SSSR count). The summed E-state index contributed by atoms with van der Waals surface area (Å²) in [5.74, 6) is 0.977. The SMILES string of the molecule is CC(C)(C)C(=O)Cc1cc(Cl)cc(-c2ccc(Oc3ccc(F)cc3)cc2)n1. The smallest absolute Gasteiger partial charge is 0.144 e. The van der Waals surface area contributed by atoms with Crippen molar-refractivity contribution in [2.75, 3.05) is 0 Å². The lowest BCUT2D eigenvalue weighted by atomic mass is 9.88. The van der Waals surface area contributed by atoms with Gasteiger partial charge in [0.05, 0.1) is 5.69 Å². The van der Waals surface area contributed by atoms with Gasteiger partial charge in [-0.15, -0.1) is 0 Å². The third kappa shape index (κ3) is 5.17. The van der Waals surface area contributed by atoms with Gasteiger partial charge in [-0.3, -0.25) is 9.78 Å². The van der Waals surface area contributed by atoms with Crippen LogP contribution in [0.4, 0.5) is 4.39 Å². The Morgan fingerprint density at radius 2 is 1.57 bits per heavy atom. The van der Waals surface area contributed by atoms with Crippen molar-refractivity contribution in [3.05, 3.63) is 77.2 Å². The van der Waals surface area contributed by atoms with E-state index in [0.717, 1.165) is 5.56 Å². The molecule has 2 aromatic carbocycles.